The number of carbonyl (C=O) groups excluding carboxylic acids is 4. The van der Waals surface area contributed by atoms with E-state index in [2.05, 4.69) is 0 Å². The summed E-state index contributed by atoms with van der Waals surface area (Å²) in [6, 6.07) is 0. The number of hydrogen-bond acceptors (Lipinski definition) is 8. The molecule has 36 heavy (non-hydrogen) atoms. The standard InChI is InChI=1S/C28H36O8/c1-13-11-17-25(6,28(23(33)34-8)21(31)14(2)20(30)26(13,28)7)12-16-19-24(4,5)18(35-15(3)29)9-10-27(17,19)22(32)36-16/h11,16-19,30H,9-10,12H2,1-8H3/t16-,17-,18+,19?,25+,26+,27-,28-/m0/s1/i3+1,4+1,6+1,7+1,9+1,11+1,14+1,15+1,16+1,17+1,18+1,19+1,21+1,22+1,23+1,24+1,25+1,26+1,27+1,28+1/t16-,17-,18+,19?,24?,25+,26+,27-,28-. The van der Waals surface area contributed by atoms with Crippen LogP contribution in [0.4, 0.5) is 0 Å². The molecule has 3 fully saturated rings. The predicted molar refractivity (Wildman–Crippen MR) is 127 cm³/mol. The van der Waals surface area contributed by atoms with E-state index in [0.29, 0.717) is 18.4 Å². The van der Waals surface area contributed by atoms with Crippen molar-refractivity contribution in [3.8, 4) is 0 Å². The maximum atomic E-state index is 14.1. The monoisotopic (exact) mass is 520 g/mol. The number of carbonyl (C=O) groups is 4. The van der Waals surface area contributed by atoms with Crippen LogP contribution in [0.15, 0.2) is 23.0 Å². The Morgan fingerprint density at radius 2 is 1.78 bits per heavy atom. The van der Waals surface area contributed by atoms with E-state index in [0.717, 1.165) is 0 Å². The Labute approximate surface area is 211 Å². The molecular formula is C28H36O8. The van der Waals surface area contributed by atoms with Gasteiger partial charge in [-0.2, -0.15) is 0 Å². The lowest BCUT2D eigenvalue weighted by Gasteiger charge is -2.66. The lowest BCUT2D eigenvalue weighted by molar-refractivity contribution is -0.216. The molecule has 0 spiro atoms. The van der Waals surface area contributed by atoms with E-state index >= 15 is 0 Å². The minimum Gasteiger partial charge on any atom is -0.511 e. The highest BCUT2D eigenvalue weighted by Gasteiger charge is 2.84. The van der Waals surface area contributed by atoms with Crippen LogP contribution < -0.4 is 0 Å². The molecule has 0 aromatic heterocycles. The molecule has 0 radical (unpaired) electrons. The van der Waals surface area contributed by atoms with Gasteiger partial charge in [0.2, 0.25) is 0 Å². The van der Waals surface area contributed by atoms with Crippen molar-refractivity contribution in [1.29, 1.82) is 0 Å². The van der Waals surface area contributed by atoms with Crippen LogP contribution >= 0.6 is 0 Å². The highest BCUT2D eigenvalue weighted by Crippen LogP contribution is 2.79. The second-order valence-corrected chi connectivity index (χ2v) is 12.5. The summed E-state index contributed by atoms with van der Waals surface area (Å²) >= 11 is 0. The largest absolute Gasteiger partial charge is 0.511 e. The fourth-order valence-corrected chi connectivity index (χ4v) is 9.58. The van der Waals surface area contributed by atoms with Crippen molar-refractivity contribution in [2.24, 2.45) is 38.9 Å². The Hall–Kier alpha value is -2.64. The van der Waals surface area contributed by atoms with Crippen LogP contribution in [0.3, 0.4) is 0 Å². The number of aliphatic hydroxyl groups excluding tert-OH is 1. The summed E-state index contributed by atoms with van der Waals surface area (Å²) in [5, 5.41) is 11.3. The van der Waals surface area contributed by atoms with E-state index in [1.165, 1.54) is 14.0 Å². The number of ether oxygens (including phenoxy) is 3. The van der Waals surface area contributed by atoms with Crippen LogP contribution in [0.2, 0.25) is 0 Å². The highest BCUT2D eigenvalue weighted by molar-refractivity contribution is 6.17. The van der Waals surface area contributed by atoms with E-state index in [1.807, 2.05) is 33.8 Å². The van der Waals surface area contributed by atoms with Crippen LogP contribution in [-0.2, 0) is 33.4 Å². The van der Waals surface area contributed by atoms with Gasteiger partial charge >= 0.3 is 17.9 Å². The number of fused-ring (bicyclic) bond motifs is 3. The zero-order valence-electron chi connectivity index (χ0n) is 22.3. The number of esters is 3. The number of ketones is 1. The van der Waals surface area contributed by atoms with E-state index in [-0.39, 0.29) is 41.7 Å². The quantitative estimate of drug-likeness (QED) is 0.192. The fraction of sp³-hybridized carbons (Fsp3) is 0.714. The summed E-state index contributed by atoms with van der Waals surface area (Å²) in [7, 11) is 1.26. The van der Waals surface area contributed by atoms with Gasteiger partial charge in [0.05, 0.1) is 17.9 Å². The lowest BCUT2D eigenvalue weighted by Crippen LogP contribution is -2.71. The lowest BCUT2D eigenvalue weighted by atomic mass is 10.1. The maximum Gasteiger partial charge on any atom is 0.321 e. The molecular weight excluding hydrogens is 484 g/mol. The van der Waals surface area contributed by atoms with Gasteiger partial charge in [0, 0.05) is 35.2 Å². The van der Waals surface area contributed by atoms with Gasteiger partial charge in [-0.05, 0) is 40.0 Å². The average molecular weight is 520 g/mol. The maximum absolute atomic E-state index is 14.1. The molecule has 5 rings (SSSR count). The van der Waals surface area contributed by atoms with Crippen molar-refractivity contribution in [3.63, 3.8) is 0 Å². The van der Waals surface area contributed by atoms with Crippen LogP contribution in [0.1, 0.15) is 67.7 Å². The molecule has 2 bridgehead atoms. The SMILES string of the molecule is CO[13C](=O)[13C@]12[13C](=O)[13C](C)=C(O)[13C@@]1([13CH3])C(C)=[13CH][13C@@H]1[13C@@]34C[13CH2][13C@@H](O[13C]([13CH3])=O)[13C](C)([13CH3])[13CH]3[13C@H](C[13C@]12[13CH3])O[13C]4=O. The molecule has 9 atom stereocenters. The van der Waals surface area contributed by atoms with Gasteiger partial charge in [0.15, 0.2) is 11.2 Å². The summed E-state index contributed by atoms with van der Waals surface area (Å²) in [5.41, 5.74) is -4.90. The first-order valence-electron chi connectivity index (χ1n) is 12.7. The minimum atomic E-state index is -1.74. The molecule has 1 saturated heterocycles. The number of rotatable bonds is 2. The first kappa shape index (κ1) is 25.0. The van der Waals surface area contributed by atoms with E-state index < -0.39 is 50.8 Å². The number of methoxy groups -OCH3 is 1. The molecule has 1 N–H and O–H groups in total. The molecule has 8 nitrogen and oxygen atoms in total. The number of aliphatic hydroxyl groups is 1. The van der Waals surface area contributed by atoms with Gasteiger partial charge in [-0.3, -0.25) is 19.2 Å². The Bertz CT molecular complexity index is 1180. The normalized spacial score (nSPS) is 48.9. The third-order valence-electron chi connectivity index (χ3n) is 11.0. The van der Waals surface area contributed by atoms with Crippen LogP contribution in [0.5, 0.6) is 0 Å². The van der Waals surface area contributed by atoms with Crippen molar-refractivity contribution in [1.82, 2.24) is 0 Å². The minimum absolute atomic E-state index is 0.121. The third kappa shape index (κ3) is 2.29. The van der Waals surface area contributed by atoms with Gasteiger partial charge in [-0.1, -0.05) is 32.4 Å². The smallest absolute Gasteiger partial charge is 0.321 e. The molecule has 2 unspecified atom stereocenters. The predicted octanol–water partition coefficient (Wildman–Crippen LogP) is 3.83. The highest BCUT2D eigenvalue weighted by atomic mass is 16.7. The first-order chi connectivity index (χ1) is 16.6. The van der Waals surface area contributed by atoms with Crippen LogP contribution in [-0.4, -0.2) is 48.1 Å². The van der Waals surface area contributed by atoms with Crippen molar-refractivity contribution >= 4 is 23.7 Å². The molecule has 0 aromatic carbocycles. The second-order valence-electron chi connectivity index (χ2n) is 12.5. The fourth-order valence-electron chi connectivity index (χ4n) is 9.58. The van der Waals surface area contributed by atoms with E-state index in [4.69, 9.17) is 14.2 Å². The number of allylic oxidation sites excluding steroid dienone is 3. The second kappa shape index (κ2) is 7.01. The van der Waals surface area contributed by atoms with E-state index in [9.17, 15) is 24.3 Å². The molecule has 4 aliphatic carbocycles. The van der Waals surface area contributed by atoms with Crippen LogP contribution in [0, 0.1) is 38.9 Å². The van der Waals surface area contributed by atoms with E-state index in [1.54, 1.807) is 13.8 Å². The molecule has 2 saturated carbocycles. The van der Waals surface area contributed by atoms with Crippen molar-refractivity contribution in [2.45, 2.75) is 79.9 Å². The Morgan fingerprint density at radius 3 is 2.36 bits per heavy atom. The molecule has 0 aromatic rings. The topological polar surface area (TPSA) is 116 Å². The molecule has 8 heteroatoms. The molecule has 1 aliphatic heterocycles. The first-order valence-corrected chi connectivity index (χ1v) is 12.7. The molecule has 0 amide bonds. The Morgan fingerprint density at radius 1 is 1.14 bits per heavy atom. The molecule has 1 heterocycles. The summed E-state index contributed by atoms with van der Waals surface area (Å²) in [6.45, 7) is 12.4. The Kier molecular flexibility index (Phi) is 4.88. The zero-order chi connectivity index (χ0) is 26.8. The summed E-state index contributed by atoms with van der Waals surface area (Å²) in [5.74, 6) is -2.77. The average Bonchev–Trinajstić information content (AvgIpc) is 3.12. The zero-order valence-corrected chi connectivity index (χ0v) is 22.3. The Balaban J connectivity index is 1.79. The van der Waals surface area contributed by atoms with Gasteiger partial charge in [0.1, 0.15) is 18.0 Å². The van der Waals surface area contributed by atoms with Crippen molar-refractivity contribution in [3.05, 3.63) is 23.0 Å². The van der Waals surface area contributed by atoms with Gasteiger partial charge < -0.3 is 19.3 Å². The molecule has 5 aliphatic rings. The van der Waals surface area contributed by atoms with Gasteiger partial charge in [-0.25, -0.2) is 0 Å². The number of hydrogen-bond donors (Lipinski definition) is 1. The number of Topliss-reactive ketones (excluding diaryl/α,β-unsaturated/α-hetero) is 1. The summed E-state index contributed by atoms with van der Waals surface area (Å²) < 4.78 is 17.1. The summed E-state index contributed by atoms with van der Waals surface area (Å²) in [6.07, 6.45) is 2.14. The summed E-state index contributed by atoms with van der Waals surface area (Å²) in [4.78, 5) is 53.7. The van der Waals surface area contributed by atoms with Crippen molar-refractivity contribution in [2.75, 3.05) is 7.11 Å². The van der Waals surface area contributed by atoms with Crippen molar-refractivity contribution < 1.29 is 38.5 Å². The van der Waals surface area contributed by atoms with Gasteiger partial charge in [0.25, 0.3) is 0 Å². The van der Waals surface area contributed by atoms with Crippen LogP contribution in [0.25, 0.3) is 0 Å². The van der Waals surface area contributed by atoms with Gasteiger partial charge in [-0.15, -0.1) is 0 Å². The third-order valence-corrected chi connectivity index (χ3v) is 11.0. The molecule has 196 valence electrons.